The summed E-state index contributed by atoms with van der Waals surface area (Å²) in [5.41, 5.74) is 0. The highest BCUT2D eigenvalue weighted by atomic mass is 35.5. The molecule has 1 atom stereocenters. The fraction of sp³-hybridized carbons (Fsp3) is 0.667. The van der Waals surface area contributed by atoms with Crippen LogP contribution in [0.5, 0.6) is 0 Å². The van der Waals surface area contributed by atoms with E-state index in [0.29, 0.717) is 21.7 Å². The Balaban J connectivity index is 2.61. The molecule has 0 amide bonds. The standard InChI is InChI=1S/C9H15ClN2O3S/c1-12(3-6(14)5-15-2)9-11-8(10)7(4-13)16-9/h6,13-14H,3-5H2,1-2H3. The van der Waals surface area contributed by atoms with Crippen molar-refractivity contribution < 1.29 is 14.9 Å². The largest absolute Gasteiger partial charge is 0.391 e. The number of thiazole rings is 1. The number of aromatic nitrogens is 1. The van der Waals surface area contributed by atoms with Crippen LogP contribution in [0.25, 0.3) is 0 Å². The minimum Gasteiger partial charge on any atom is -0.391 e. The van der Waals surface area contributed by atoms with Gasteiger partial charge in [-0.25, -0.2) is 4.98 Å². The molecule has 92 valence electrons. The summed E-state index contributed by atoms with van der Waals surface area (Å²) in [6.07, 6.45) is -0.574. The van der Waals surface area contributed by atoms with Crippen LogP contribution < -0.4 is 4.90 Å². The summed E-state index contributed by atoms with van der Waals surface area (Å²) >= 11 is 7.12. The molecule has 0 bridgehead atoms. The maximum absolute atomic E-state index is 9.54. The zero-order chi connectivity index (χ0) is 12.1. The number of hydrogen-bond acceptors (Lipinski definition) is 6. The normalized spacial score (nSPS) is 12.8. The molecule has 1 aromatic heterocycles. The zero-order valence-corrected chi connectivity index (χ0v) is 10.8. The summed E-state index contributed by atoms with van der Waals surface area (Å²) in [4.78, 5) is 6.50. The van der Waals surface area contributed by atoms with Crippen molar-refractivity contribution in [3.8, 4) is 0 Å². The van der Waals surface area contributed by atoms with E-state index in [-0.39, 0.29) is 13.2 Å². The topological polar surface area (TPSA) is 65.8 Å². The number of halogens is 1. The highest BCUT2D eigenvalue weighted by Crippen LogP contribution is 2.28. The second-order valence-corrected chi connectivity index (χ2v) is 4.78. The average molecular weight is 267 g/mol. The first-order valence-electron chi connectivity index (χ1n) is 4.72. The Kier molecular flexibility index (Phi) is 5.43. The van der Waals surface area contributed by atoms with Gasteiger partial charge in [0.15, 0.2) is 5.13 Å². The molecule has 0 aliphatic carbocycles. The summed E-state index contributed by atoms with van der Waals surface area (Å²) in [6.45, 7) is 0.559. The molecule has 0 aromatic carbocycles. The van der Waals surface area contributed by atoms with E-state index >= 15 is 0 Å². The molecule has 2 N–H and O–H groups in total. The lowest BCUT2D eigenvalue weighted by Gasteiger charge is -2.19. The van der Waals surface area contributed by atoms with Gasteiger partial charge in [0.2, 0.25) is 0 Å². The van der Waals surface area contributed by atoms with Gasteiger partial charge in [-0.1, -0.05) is 22.9 Å². The van der Waals surface area contributed by atoms with Gasteiger partial charge in [-0.15, -0.1) is 0 Å². The van der Waals surface area contributed by atoms with Crippen molar-refractivity contribution in [1.29, 1.82) is 0 Å². The van der Waals surface area contributed by atoms with Gasteiger partial charge in [-0.3, -0.25) is 0 Å². The predicted octanol–water partition coefficient (Wildman–Crippen LogP) is 0.732. The molecule has 0 aliphatic heterocycles. The third kappa shape index (κ3) is 3.57. The van der Waals surface area contributed by atoms with Crippen molar-refractivity contribution in [3.05, 3.63) is 10.0 Å². The van der Waals surface area contributed by atoms with Crippen molar-refractivity contribution in [3.63, 3.8) is 0 Å². The van der Waals surface area contributed by atoms with Gasteiger partial charge in [0.25, 0.3) is 0 Å². The molecule has 0 aliphatic rings. The highest BCUT2D eigenvalue weighted by Gasteiger charge is 2.14. The number of ether oxygens (including phenoxy) is 1. The monoisotopic (exact) mass is 266 g/mol. The van der Waals surface area contributed by atoms with Gasteiger partial charge in [0.1, 0.15) is 5.15 Å². The molecular weight excluding hydrogens is 252 g/mol. The van der Waals surface area contributed by atoms with Crippen LogP contribution in [-0.4, -0.2) is 48.6 Å². The number of nitrogens with zero attached hydrogens (tertiary/aromatic N) is 2. The van der Waals surface area contributed by atoms with Gasteiger partial charge < -0.3 is 19.8 Å². The summed E-state index contributed by atoms with van der Waals surface area (Å²) in [5, 5.41) is 19.5. The van der Waals surface area contributed by atoms with Gasteiger partial charge in [-0.2, -0.15) is 0 Å². The van der Waals surface area contributed by atoms with Crippen LogP contribution in [-0.2, 0) is 11.3 Å². The lowest BCUT2D eigenvalue weighted by molar-refractivity contribution is 0.0695. The molecule has 7 heteroatoms. The predicted molar refractivity (Wildman–Crippen MR) is 64.2 cm³/mol. The minimum absolute atomic E-state index is 0.120. The van der Waals surface area contributed by atoms with Crippen LogP contribution in [0.2, 0.25) is 5.15 Å². The summed E-state index contributed by atoms with van der Waals surface area (Å²) in [7, 11) is 3.34. The molecule has 0 saturated heterocycles. The molecule has 1 rings (SSSR count). The smallest absolute Gasteiger partial charge is 0.186 e. The Hall–Kier alpha value is -0.400. The van der Waals surface area contributed by atoms with Crippen LogP contribution >= 0.6 is 22.9 Å². The second kappa shape index (κ2) is 6.36. The average Bonchev–Trinajstić information content (AvgIpc) is 2.60. The molecule has 1 heterocycles. The number of methoxy groups -OCH3 is 1. The fourth-order valence-electron chi connectivity index (χ4n) is 1.22. The number of hydrogen-bond donors (Lipinski definition) is 2. The van der Waals surface area contributed by atoms with Crippen molar-refractivity contribution in [1.82, 2.24) is 4.98 Å². The van der Waals surface area contributed by atoms with Crippen LogP contribution in [0.15, 0.2) is 0 Å². The summed E-state index contributed by atoms with van der Waals surface area (Å²) in [5.74, 6) is 0. The first-order chi connectivity index (χ1) is 7.58. The number of aliphatic hydroxyl groups excluding tert-OH is 2. The maximum atomic E-state index is 9.54. The van der Waals surface area contributed by atoms with E-state index in [1.165, 1.54) is 18.4 Å². The molecule has 0 fully saturated rings. The third-order valence-corrected chi connectivity index (χ3v) is 3.53. The highest BCUT2D eigenvalue weighted by molar-refractivity contribution is 7.16. The second-order valence-electron chi connectivity index (χ2n) is 3.36. The Bertz CT molecular complexity index is 335. The molecule has 0 radical (unpaired) electrons. The van der Waals surface area contributed by atoms with Gasteiger partial charge in [0, 0.05) is 20.7 Å². The number of anilines is 1. The summed E-state index contributed by atoms with van der Waals surface area (Å²) in [6, 6.07) is 0. The van der Waals surface area contributed by atoms with E-state index in [1.807, 2.05) is 0 Å². The van der Waals surface area contributed by atoms with Gasteiger partial charge in [-0.05, 0) is 0 Å². The Morgan fingerprint density at radius 3 is 2.81 bits per heavy atom. The van der Waals surface area contributed by atoms with Crippen molar-refractivity contribution in [2.24, 2.45) is 0 Å². The first-order valence-corrected chi connectivity index (χ1v) is 5.92. The van der Waals surface area contributed by atoms with E-state index in [2.05, 4.69) is 4.98 Å². The molecule has 0 saturated carbocycles. The molecular formula is C9H15ClN2O3S. The van der Waals surface area contributed by atoms with Crippen molar-refractivity contribution in [2.45, 2.75) is 12.7 Å². The molecule has 0 spiro atoms. The van der Waals surface area contributed by atoms with E-state index in [9.17, 15) is 5.11 Å². The van der Waals surface area contributed by atoms with Crippen LogP contribution in [0.4, 0.5) is 5.13 Å². The molecule has 1 unspecified atom stereocenters. The number of rotatable bonds is 6. The van der Waals surface area contributed by atoms with E-state index < -0.39 is 6.10 Å². The molecule has 1 aromatic rings. The Labute approximate surface area is 103 Å². The quantitative estimate of drug-likeness (QED) is 0.795. The lowest BCUT2D eigenvalue weighted by Crippen LogP contribution is -2.31. The summed E-state index contributed by atoms with van der Waals surface area (Å²) < 4.78 is 4.83. The number of likely N-dealkylation sites (N-methyl/N-ethyl adjacent to an activating group) is 1. The SMILES string of the molecule is COCC(O)CN(C)c1nc(Cl)c(CO)s1. The Morgan fingerprint density at radius 2 is 2.31 bits per heavy atom. The molecule has 16 heavy (non-hydrogen) atoms. The fourth-order valence-corrected chi connectivity index (χ4v) is 2.31. The lowest BCUT2D eigenvalue weighted by atomic mass is 10.3. The third-order valence-electron chi connectivity index (χ3n) is 1.95. The van der Waals surface area contributed by atoms with E-state index in [1.54, 1.807) is 11.9 Å². The van der Waals surface area contributed by atoms with Crippen molar-refractivity contribution >= 4 is 28.1 Å². The van der Waals surface area contributed by atoms with Gasteiger partial charge >= 0.3 is 0 Å². The van der Waals surface area contributed by atoms with E-state index in [0.717, 1.165) is 0 Å². The van der Waals surface area contributed by atoms with Crippen LogP contribution in [0.3, 0.4) is 0 Å². The van der Waals surface area contributed by atoms with Gasteiger partial charge in [0.05, 0.1) is 24.2 Å². The first kappa shape index (κ1) is 13.7. The van der Waals surface area contributed by atoms with Crippen LogP contribution in [0, 0.1) is 0 Å². The van der Waals surface area contributed by atoms with Crippen LogP contribution in [0.1, 0.15) is 4.88 Å². The zero-order valence-electron chi connectivity index (χ0n) is 9.18. The number of aliphatic hydroxyl groups is 2. The minimum atomic E-state index is -0.574. The molecule has 5 nitrogen and oxygen atoms in total. The van der Waals surface area contributed by atoms with E-state index in [4.69, 9.17) is 21.4 Å². The maximum Gasteiger partial charge on any atom is 0.186 e. The Morgan fingerprint density at radius 1 is 1.62 bits per heavy atom. The van der Waals surface area contributed by atoms with Crippen molar-refractivity contribution in [2.75, 3.05) is 32.2 Å².